The number of aliphatic carboxylic acids is 1. The Bertz CT molecular complexity index is 721. The van der Waals surface area contributed by atoms with Crippen molar-refractivity contribution in [1.29, 1.82) is 0 Å². The molecule has 0 unspecified atom stereocenters. The number of thiophene rings is 1. The molecule has 1 amide bonds. The van der Waals surface area contributed by atoms with Gasteiger partial charge in [-0.3, -0.25) is 14.3 Å². The van der Waals surface area contributed by atoms with Gasteiger partial charge < -0.3 is 10.0 Å². The molecule has 1 saturated heterocycles. The number of aromatic nitrogens is 2. The lowest BCUT2D eigenvalue weighted by molar-refractivity contribution is -0.142. The maximum absolute atomic E-state index is 12.3. The van der Waals surface area contributed by atoms with Gasteiger partial charge in [-0.2, -0.15) is 5.10 Å². The van der Waals surface area contributed by atoms with Gasteiger partial charge in [0.2, 0.25) is 5.91 Å². The molecular formula is C15H17N3O3S. The molecule has 7 heteroatoms. The van der Waals surface area contributed by atoms with Gasteiger partial charge in [-0.05, 0) is 19.1 Å². The van der Waals surface area contributed by atoms with Crippen LogP contribution in [0.25, 0.3) is 0 Å². The third-order valence-electron chi connectivity index (χ3n) is 3.91. The summed E-state index contributed by atoms with van der Waals surface area (Å²) in [5.74, 6) is -1.73. The maximum Gasteiger partial charge on any atom is 0.309 e. The molecule has 1 fully saturated rings. The van der Waals surface area contributed by atoms with E-state index in [2.05, 4.69) is 5.10 Å². The highest BCUT2D eigenvalue weighted by molar-refractivity contribution is 7.12. The second-order valence-corrected chi connectivity index (χ2v) is 6.91. The zero-order valence-corrected chi connectivity index (χ0v) is 13.2. The fraction of sp³-hybridized carbons (Fsp3) is 0.400. The second kappa shape index (κ2) is 5.57. The van der Waals surface area contributed by atoms with Crippen molar-refractivity contribution >= 4 is 23.2 Å². The van der Waals surface area contributed by atoms with Crippen LogP contribution in [-0.2, 0) is 23.2 Å². The molecule has 22 heavy (non-hydrogen) atoms. The fourth-order valence-electron chi connectivity index (χ4n) is 2.91. The van der Waals surface area contributed by atoms with E-state index in [0.29, 0.717) is 6.54 Å². The summed E-state index contributed by atoms with van der Waals surface area (Å²) < 4.78 is 1.68. The van der Waals surface area contributed by atoms with Crippen molar-refractivity contribution < 1.29 is 14.7 Å². The van der Waals surface area contributed by atoms with Crippen LogP contribution >= 0.6 is 11.3 Å². The highest BCUT2D eigenvalue weighted by Gasteiger charge is 2.45. The number of hydrogen-bond acceptors (Lipinski definition) is 4. The molecule has 3 heterocycles. The summed E-state index contributed by atoms with van der Waals surface area (Å²) in [5, 5.41) is 13.6. The van der Waals surface area contributed by atoms with Crippen molar-refractivity contribution in [2.45, 2.75) is 25.9 Å². The number of carboxylic acids is 1. The number of nitrogens with zero attached hydrogens (tertiary/aromatic N) is 3. The molecule has 0 aromatic carbocycles. The Kier molecular flexibility index (Phi) is 3.74. The van der Waals surface area contributed by atoms with E-state index in [0.717, 1.165) is 15.3 Å². The van der Waals surface area contributed by atoms with Crippen molar-refractivity contribution in [3.8, 4) is 0 Å². The van der Waals surface area contributed by atoms with Crippen molar-refractivity contribution in [2.24, 2.45) is 13.0 Å². The van der Waals surface area contributed by atoms with E-state index in [9.17, 15) is 14.7 Å². The molecule has 6 nitrogen and oxygen atoms in total. The molecule has 2 aromatic rings. The number of hydrogen-bond donors (Lipinski definition) is 1. The molecular weight excluding hydrogens is 302 g/mol. The van der Waals surface area contributed by atoms with Crippen LogP contribution in [0.1, 0.15) is 27.8 Å². The van der Waals surface area contributed by atoms with Gasteiger partial charge in [0.1, 0.15) is 0 Å². The smallest absolute Gasteiger partial charge is 0.309 e. The Labute approximate surface area is 132 Å². The Balaban J connectivity index is 1.94. The topological polar surface area (TPSA) is 75.4 Å². The molecule has 0 aliphatic carbocycles. The molecule has 116 valence electrons. The van der Waals surface area contributed by atoms with Crippen molar-refractivity contribution in [3.05, 3.63) is 39.8 Å². The van der Waals surface area contributed by atoms with Crippen molar-refractivity contribution in [1.82, 2.24) is 14.7 Å². The summed E-state index contributed by atoms with van der Waals surface area (Å²) >= 11 is 1.55. The van der Waals surface area contributed by atoms with Crippen LogP contribution in [0.4, 0.5) is 0 Å². The molecule has 1 N–H and O–H groups in total. The average Bonchev–Trinajstić information content (AvgIpc) is 3.12. The monoisotopic (exact) mass is 319 g/mol. The summed E-state index contributed by atoms with van der Waals surface area (Å²) in [6.07, 6.45) is 3.60. The normalized spacial score (nSPS) is 21.5. The lowest BCUT2D eigenvalue weighted by Crippen LogP contribution is -2.29. The predicted molar refractivity (Wildman–Crippen MR) is 81.3 cm³/mol. The van der Waals surface area contributed by atoms with E-state index in [1.165, 1.54) is 0 Å². The average molecular weight is 319 g/mol. The largest absolute Gasteiger partial charge is 0.481 e. The Hall–Kier alpha value is -2.15. The third-order valence-corrected chi connectivity index (χ3v) is 4.98. The lowest BCUT2D eigenvalue weighted by atomic mass is 9.99. The van der Waals surface area contributed by atoms with Crippen LogP contribution < -0.4 is 0 Å². The molecule has 0 bridgehead atoms. The first-order valence-electron chi connectivity index (χ1n) is 7.02. The molecule has 2 atom stereocenters. The second-order valence-electron chi connectivity index (χ2n) is 5.59. The number of carboxylic acid groups (broad SMARTS) is 1. The van der Waals surface area contributed by atoms with E-state index in [1.54, 1.807) is 27.1 Å². The van der Waals surface area contributed by atoms with Crippen LogP contribution in [-0.4, -0.2) is 31.7 Å². The van der Waals surface area contributed by atoms with E-state index < -0.39 is 17.9 Å². The summed E-state index contributed by atoms with van der Waals surface area (Å²) in [5.41, 5.74) is 0.903. The zero-order chi connectivity index (χ0) is 15.9. The zero-order valence-electron chi connectivity index (χ0n) is 12.4. The van der Waals surface area contributed by atoms with Gasteiger partial charge in [0.15, 0.2) is 0 Å². The molecule has 3 rings (SSSR count). The minimum Gasteiger partial charge on any atom is -0.481 e. The molecule has 0 radical (unpaired) electrons. The molecule has 0 saturated carbocycles. The lowest BCUT2D eigenvalue weighted by Gasteiger charge is -2.25. The minimum atomic E-state index is -0.918. The minimum absolute atomic E-state index is 0.0528. The summed E-state index contributed by atoms with van der Waals surface area (Å²) in [6.45, 7) is 2.37. The molecule has 2 aromatic heterocycles. The molecule has 1 aliphatic rings. The van der Waals surface area contributed by atoms with Crippen molar-refractivity contribution in [2.75, 3.05) is 0 Å². The number of rotatable bonds is 4. The van der Waals surface area contributed by atoms with Crippen molar-refractivity contribution in [3.63, 3.8) is 0 Å². The molecule has 0 spiro atoms. The fourth-order valence-corrected chi connectivity index (χ4v) is 3.97. The first-order valence-corrected chi connectivity index (χ1v) is 7.83. The quantitative estimate of drug-likeness (QED) is 0.935. The number of likely N-dealkylation sites (tertiary alicyclic amines) is 1. The Morgan fingerprint density at radius 1 is 1.50 bits per heavy atom. The summed E-state index contributed by atoms with van der Waals surface area (Å²) in [7, 11) is 1.81. The van der Waals surface area contributed by atoms with Gasteiger partial charge in [0.25, 0.3) is 0 Å². The number of aryl methyl sites for hydroxylation is 2. The first-order chi connectivity index (χ1) is 10.5. The highest BCUT2D eigenvalue weighted by Crippen LogP contribution is 2.41. The number of carbonyl (C=O) groups is 2. The van der Waals surface area contributed by atoms with Crippen LogP contribution in [0.3, 0.4) is 0 Å². The van der Waals surface area contributed by atoms with Gasteiger partial charge in [-0.15, -0.1) is 11.3 Å². The van der Waals surface area contributed by atoms with Gasteiger partial charge in [-0.25, -0.2) is 0 Å². The van der Waals surface area contributed by atoms with Gasteiger partial charge in [0.05, 0.1) is 18.2 Å². The summed E-state index contributed by atoms with van der Waals surface area (Å²) in [4.78, 5) is 27.6. The van der Waals surface area contributed by atoms with Crippen LogP contribution in [0.15, 0.2) is 24.5 Å². The number of carbonyl (C=O) groups excluding carboxylic acids is 1. The van der Waals surface area contributed by atoms with E-state index >= 15 is 0 Å². The van der Waals surface area contributed by atoms with E-state index in [1.807, 2.05) is 32.3 Å². The van der Waals surface area contributed by atoms with E-state index in [-0.39, 0.29) is 12.3 Å². The maximum atomic E-state index is 12.3. The van der Waals surface area contributed by atoms with Crippen LogP contribution in [0, 0.1) is 12.8 Å². The van der Waals surface area contributed by atoms with Gasteiger partial charge in [-0.1, -0.05) is 0 Å². The SMILES string of the molecule is Cc1ccc([C@@H]2[C@H](C(=O)O)CC(=O)N2Cc2cnn(C)c2)s1. The predicted octanol–water partition coefficient (Wildman–Crippen LogP) is 1.96. The molecule has 1 aliphatic heterocycles. The number of amides is 1. The van der Waals surface area contributed by atoms with Gasteiger partial charge in [0, 0.05) is 41.5 Å². The van der Waals surface area contributed by atoms with Gasteiger partial charge >= 0.3 is 5.97 Å². The van der Waals surface area contributed by atoms with Crippen LogP contribution in [0.2, 0.25) is 0 Å². The Morgan fingerprint density at radius 2 is 2.27 bits per heavy atom. The third kappa shape index (κ3) is 2.64. The van der Waals surface area contributed by atoms with E-state index in [4.69, 9.17) is 0 Å². The van der Waals surface area contributed by atoms with Crippen LogP contribution in [0.5, 0.6) is 0 Å². The highest BCUT2D eigenvalue weighted by atomic mass is 32.1. The first kappa shape index (κ1) is 14.8. The Morgan fingerprint density at radius 3 is 2.82 bits per heavy atom. The standard InChI is InChI=1S/C15H17N3O3S/c1-9-3-4-12(22-9)14-11(15(20)21)5-13(19)18(14)8-10-6-16-17(2)7-10/h3-4,6-7,11,14H,5,8H2,1-2H3,(H,20,21)/t11-,14+/m1/s1. The summed E-state index contributed by atoms with van der Waals surface area (Å²) in [6, 6.07) is 3.49.